The zero-order valence-corrected chi connectivity index (χ0v) is 3.78. The second-order valence-corrected chi connectivity index (χ2v) is 1.77. The minimum Gasteiger partial charge on any atom is -0.160 e. The highest BCUT2D eigenvalue weighted by atomic mass is 14.4. The molecule has 6 heavy (non-hydrogen) atoms. The molecule has 0 unspecified atom stereocenters. The van der Waals surface area contributed by atoms with Crippen molar-refractivity contribution in [2.24, 2.45) is 0 Å². The van der Waals surface area contributed by atoms with E-state index in [4.69, 9.17) is 5.41 Å². The van der Waals surface area contributed by atoms with Gasteiger partial charge in [-0.15, -0.1) is 0 Å². The van der Waals surface area contributed by atoms with Crippen molar-refractivity contribution < 1.29 is 0 Å². The largest absolute Gasteiger partial charge is 0.160 e. The van der Waals surface area contributed by atoms with Crippen LogP contribution >= 0.6 is 0 Å². The van der Waals surface area contributed by atoms with Crippen molar-refractivity contribution in [1.29, 1.82) is 0 Å². The molecule has 1 saturated carbocycles. The number of hydrogen-bond acceptors (Lipinski definition) is 0. The maximum absolute atomic E-state index is 8.65. The molecule has 1 rings (SSSR count). The third kappa shape index (κ3) is 0.588. The van der Waals surface area contributed by atoms with Crippen LogP contribution in [0.25, 0.3) is 0 Å². The first-order chi connectivity index (χ1) is 2.89. The summed E-state index contributed by atoms with van der Waals surface area (Å²) in [4.78, 5) is 0. The van der Waals surface area contributed by atoms with Gasteiger partial charge in [0.15, 0.2) is 0 Å². The first-order valence-corrected chi connectivity index (χ1v) is 2.43. The van der Waals surface area contributed by atoms with Crippen molar-refractivity contribution in [1.82, 2.24) is 5.41 Å². The zero-order chi connectivity index (χ0) is 4.41. The smallest absolute Gasteiger partial charge is 0.0405 e. The lowest BCUT2D eigenvalue weighted by Gasteiger charge is -1.74. The second-order valence-electron chi connectivity index (χ2n) is 1.77. The van der Waals surface area contributed by atoms with Gasteiger partial charge in [0.25, 0.3) is 0 Å². The van der Waals surface area contributed by atoms with Crippen LogP contribution in [0.2, 0.25) is 0 Å². The summed E-state index contributed by atoms with van der Waals surface area (Å²) in [6, 6.07) is 0. The fraction of sp³-hybridized carbons (Fsp3) is 0.800. The first kappa shape index (κ1) is 3.85. The third-order valence-electron chi connectivity index (χ3n) is 1.18. The topological polar surface area (TPSA) is 22.3 Å². The molecule has 0 amide bonds. The molecule has 0 spiro atoms. The van der Waals surface area contributed by atoms with E-state index in [1.807, 2.05) is 0 Å². The highest BCUT2D eigenvalue weighted by molar-refractivity contribution is 5.83. The molecule has 1 aliphatic rings. The van der Waals surface area contributed by atoms with Crippen LogP contribution in [0.1, 0.15) is 25.7 Å². The lowest BCUT2D eigenvalue weighted by molar-refractivity contribution is 0.886. The van der Waals surface area contributed by atoms with E-state index in [1.165, 1.54) is 12.8 Å². The van der Waals surface area contributed by atoms with Gasteiger partial charge in [-0.3, -0.25) is 0 Å². The van der Waals surface area contributed by atoms with E-state index in [-0.39, 0.29) is 0 Å². The van der Waals surface area contributed by atoms with E-state index in [1.54, 1.807) is 0 Å². The molecular weight excluding hydrogens is 74.1 g/mol. The Hall–Kier alpha value is -0.330. The standard InChI is InChI=1S/C5H8N/c6-5-3-1-2-4-5/h1-4H2. The Morgan fingerprint density at radius 3 is 1.83 bits per heavy atom. The molecular formula is C5H8N. The van der Waals surface area contributed by atoms with Gasteiger partial charge < -0.3 is 0 Å². The highest BCUT2D eigenvalue weighted by Crippen LogP contribution is 2.10. The number of hydrogen-bond donors (Lipinski definition) is 0. The molecule has 0 aliphatic heterocycles. The molecule has 1 aliphatic carbocycles. The molecule has 0 heterocycles. The minimum absolute atomic E-state index is 0.704. The molecule has 1 radical (unpaired) electrons. The predicted octanol–water partition coefficient (Wildman–Crippen LogP) is 0.801. The van der Waals surface area contributed by atoms with Crippen LogP contribution in [0.15, 0.2) is 0 Å². The Labute approximate surface area is 37.9 Å². The summed E-state index contributed by atoms with van der Waals surface area (Å²) < 4.78 is 0. The lowest BCUT2D eigenvalue weighted by Crippen LogP contribution is -1.85. The summed E-state index contributed by atoms with van der Waals surface area (Å²) in [7, 11) is 0. The minimum atomic E-state index is 0.704. The van der Waals surface area contributed by atoms with Gasteiger partial charge in [0, 0.05) is 5.71 Å². The van der Waals surface area contributed by atoms with Crippen LogP contribution < -0.4 is 5.41 Å². The van der Waals surface area contributed by atoms with Crippen LogP contribution in [0.3, 0.4) is 0 Å². The van der Waals surface area contributed by atoms with Crippen molar-refractivity contribution in [3.05, 3.63) is 0 Å². The van der Waals surface area contributed by atoms with Gasteiger partial charge in [-0.25, -0.2) is 0 Å². The zero-order valence-electron chi connectivity index (χ0n) is 3.78. The highest BCUT2D eigenvalue weighted by Gasteiger charge is 2.04. The van der Waals surface area contributed by atoms with Crippen LogP contribution in [0.4, 0.5) is 0 Å². The van der Waals surface area contributed by atoms with Crippen molar-refractivity contribution in [3.63, 3.8) is 0 Å². The number of nitrogens with zero attached hydrogens (tertiary/aromatic N) is 1. The molecule has 1 heteroatoms. The van der Waals surface area contributed by atoms with Gasteiger partial charge in [-0.2, -0.15) is 5.41 Å². The fourth-order valence-electron chi connectivity index (χ4n) is 0.783. The molecule has 0 aromatic heterocycles. The Balaban J connectivity index is 2.37. The Kier molecular flexibility index (Phi) is 0.906. The summed E-state index contributed by atoms with van der Waals surface area (Å²) >= 11 is 0. The van der Waals surface area contributed by atoms with E-state index in [0.717, 1.165) is 12.8 Å². The molecule has 0 atom stereocenters. The van der Waals surface area contributed by atoms with Gasteiger partial charge in [0.1, 0.15) is 0 Å². The average Bonchev–Trinajstić information content (AvgIpc) is 1.86. The summed E-state index contributed by atoms with van der Waals surface area (Å²) in [6.45, 7) is 0. The third-order valence-corrected chi connectivity index (χ3v) is 1.18. The average molecular weight is 82.1 g/mol. The quantitative estimate of drug-likeness (QED) is 0.412. The maximum atomic E-state index is 8.65. The summed E-state index contributed by atoms with van der Waals surface area (Å²) in [6.07, 6.45) is 4.32. The Morgan fingerprint density at radius 1 is 1.17 bits per heavy atom. The number of rotatable bonds is 0. The van der Waals surface area contributed by atoms with E-state index >= 15 is 0 Å². The SMILES string of the molecule is [N]=C1CCCC1. The van der Waals surface area contributed by atoms with Gasteiger partial charge in [-0.1, -0.05) is 0 Å². The van der Waals surface area contributed by atoms with Gasteiger partial charge >= 0.3 is 0 Å². The fourth-order valence-corrected chi connectivity index (χ4v) is 0.783. The molecule has 0 aromatic carbocycles. The molecule has 0 N–H and O–H groups in total. The van der Waals surface area contributed by atoms with Crippen LogP contribution in [0.5, 0.6) is 0 Å². The first-order valence-electron chi connectivity index (χ1n) is 2.43. The van der Waals surface area contributed by atoms with Crippen LogP contribution in [0, 0.1) is 0 Å². The molecule has 0 aromatic rings. The summed E-state index contributed by atoms with van der Waals surface area (Å²) in [5.41, 5.74) is 0.704. The van der Waals surface area contributed by atoms with E-state index in [0.29, 0.717) is 5.71 Å². The molecule has 33 valence electrons. The van der Waals surface area contributed by atoms with Gasteiger partial charge in [0.05, 0.1) is 0 Å². The molecule has 1 fully saturated rings. The van der Waals surface area contributed by atoms with Crippen LogP contribution in [-0.2, 0) is 0 Å². The van der Waals surface area contributed by atoms with Crippen molar-refractivity contribution >= 4 is 5.71 Å². The van der Waals surface area contributed by atoms with Gasteiger partial charge in [-0.05, 0) is 25.7 Å². The molecule has 0 bridgehead atoms. The predicted molar refractivity (Wildman–Crippen MR) is 25.6 cm³/mol. The van der Waals surface area contributed by atoms with E-state index in [9.17, 15) is 0 Å². The molecule has 0 saturated heterocycles. The van der Waals surface area contributed by atoms with Gasteiger partial charge in [0.2, 0.25) is 0 Å². The Bertz CT molecular complexity index is 58.3. The molecule has 1 nitrogen and oxygen atoms in total. The van der Waals surface area contributed by atoms with Crippen molar-refractivity contribution in [2.75, 3.05) is 0 Å². The van der Waals surface area contributed by atoms with E-state index in [2.05, 4.69) is 0 Å². The normalized spacial score (nSPS) is 22.3. The lowest BCUT2D eigenvalue weighted by atomic mass is 10.3. The Morgan fingerprint density at radius 2 is 1.67 bits per heavy atom. The monoisotopic (exact) mass is 82.1 g/mol. The maximum Gasteiger partial charge on any atom is 0.0405 e. The van der Waals surface area contributed by atoms with Crippen molar-refractivity contribution in [2.45, 2.75) is 25.7 Å². The summed E-state index contributed by atoms with van der Waals surface area (Å²) in [5.74, 6) is 0. The van der Waals surface area contributed by atoms with Crippen molar-refractivity contribution in [3.8, 4) is 0 Å². The van der Waals surface area contributed by atoms with Crippen LogP contribution in [-0.4, -0.2) is 5.71 Å². The summed E-state index contributed by atoms with van der Waals surface area (Å²) in [5, 5.41) is 8.65. The van der Waals surface area contributed by atoms with E-state index < -0.39 is 0 Å². The second kappa shape index (κ2) is 1.41.